The van der Waals surface area contributed by atoms with Crippen molar-refractivity contribution in [3.05, 3.63) is 22.2 Å². The molecule has 19 heavy (non-hydrogen) atoms. The Morgan fingerprint density at radius 3 is 2.79 bits per heavy atom. The fraction of sp³-hybridized carbons (Fsp3) is 0.455. The number of nitro groups is 1. The molecule has 0 aliphatic carbocycles. The first kappa shape index (κ1) is 13.1. The number of hydrogen-bond donors (Lipinski definition) is 2. The van der Waals surface area contributed by atoms with Gasteiger partial charge in [0.05, 0.1) is 10.3 Å². The molecule has 0 aromatic carbocycles. The Morgan fingerprint density at radius 2 is 2.26 bits per heavy atom. The fourth-order valence-corrected chi connectivity index (χ4v) is 2.17. The number of nitrogen functional groups attached to an aromatic ring is 1. The lowest BCUT2D eigenvalue weighted by molar-refractivity contribution is -0.384. The van der Waals surface area contributed by atoms with Crippen molar-refractivity contribution in [3.63, 3.8) is 0 Å². The van der Waals surface area contributed by atoms with E-state index >= 15 is 0 Å². The Hall–Kier alpha value is -2.38. The highest BCUT2D eigenvalue weighted by atomic mass is 16.6. The van der Waals surface area contributed by atoms with Crippen LogP contribution in [0.5, 0.6) is 0 Å². The number of amides is 1. The van der Waals surface area contributed by atoms with Gasteiger partial charge in [0.1, 0.15) is 5.82 Å². The number of nitrogens with zero attached hydrogens (tertiary/aromatic N) is 3. The van der Waals surface area contributed by atoms with Gasteiger partial charge in [-0.05, 0) is 19.4 Å². The smallest absolute Gasteiger partial charge is 0.311 e. The molecule has 2 heterocycles. The molecule has 1 unspecified atom stereocenters. The van der Waals surface area contributed by atoms with Crippen molar-refractivity contribution in [3.8, 4) is 0 Å². The quantitative estimate of drug-likeness (QED) is 0.596. The van der Waals surface area contributed by atoms with Gasteiger partial charge in [-0.15, -0.1) is 0 Å². The highest BCUT2D eigenvalue weighted by Gasteiger charge is 2.41. The Labute approximate surface area is 109 Å². The summed E-state index contributed by atoms with van der Waals surface area (Å²) in [7, 11) is 0. The maximum atomic E-state index is 11.4. The maximum Gasteiger partial charge on any atom is 0.311 e. The number of primary amides is 1. The Balaban J connectivity index is 2.36. The largest absolute Gasteiger partial charge is 0.384 e. The SMILES string of the molecule is CC1(C(N)=O)CCN(c2nc(N)ccc2[N+](=O)[O-])C1. The van der Waals surface area contributed by atoms with Crippen LogP contribution in [0.15, 0.2) is 12.1 Å². The number of pyridine rings is 1. The van der Waals surface area contributed by atoms with Gasteiger partial charge in [0.15, 0.2) is 0 Å². The van der Waals surface area contributed by atoms with Gasteiger partial charge in [-0.1, -0.05) is 0 Å². The van der Waals surface area contributed by atoms with E-state index in [2.05, 4.69) is 4.98 Å². The van der Waals surface area contributed by atoms with E-state index in [0.717, 1.165) is 0 Å². The zero-order valence-corrected chi connectivity index (χ0v) is 10.5. The van der Waals surface area contributed by atoms with E-state index in [1.165, 1.54) is 12.1 Å². The van der Waals surface area contributed by atoms with Crippen LogP contribution in [-0.4, -0.2) is 28.9 Å². The molecule has 1 saturated heterocycles. The monoisotopic (exact) mass is 265 g/mol. The molecule has 0 bridgehead atoms. The summed E-state index contributed by atoms with van der Waals surface area (Å²) in [6.07, 6.45) is 0.538. The lowest BCUT2D eigenvalue weighted by atomic mass is 9.89. The number of carbonyl (C=O) groups excluding carboxylic acids is 1. The molecule has 102 valence electrons. The van der Waals surface area contributed by atoms with Gasteiger partial charge in [-0.2, -0.15) is 0 Å². The summed E-state index contributed by atoms with van der Waals surface area (Å²) in [5.74, 6) is -0.0233. The molecule has 4 N–H and O–H groups in total. The molecule has 0 saturated carbocycles. The minimum atomic E-state index is -0.694. The molecule has 1 amide bonds. The molecular formula is C11H15N5O3. The molecule has 1 atom stereocenters. The van der Waals surface area contributed by atoms with Crippen LogP contribution in [0.4, 0.5) is 17.3 Å². The number of nitrogens with two attached hydrogens (primary N) is 2. The predicted octanol–water partition coefficient (Wildman–Crippen LogP) is 0.274. The van der Waals surface area contributed by atoms with Crippen molar-refractivity contribution in [2.45, 2.75) is 13.3 Å². The molecule has 1 fully saturated rings. The van der Waals surface area contributed by atoms with Crippen LogP contribution in [0.2, 0.25) is 0 Å². The third-order valence-electron chi connectivity index (χ3n) is 3.44. The molecule has 8 heteroatoms. The summed E-state index contributed by atoms with van der Waals surface area (Å²) in [5, 5.41) is 11.0. The lowest BCUT2D eigenvalue weighted by Gasteiger charge is -2.21. The van der Waals surface area contributed by atoms with Crippen LogP contribution in [0.3, 0.4) is 0 Å². The lowest BCUT2D eigenvalue weighted by Crippen LogP contribution is -2.37. The highest BCUT2D eigenvalue weighted by Crippen LogP contribution is 2.36. The minimum Gasteiger partial charge on any atom is -0.384 e. The van der Waals surface area contributed by atoms with Crippen molar-refractivity contribution in [2.24, 2.45) is 11.1 Å². The molecule has 8 nitrogen and oxygen atoms in total. The molecule has 1 aromatic heterocycles. The van der Waals surface area contributed by atoms with Gasteiger partial charge in [0.25, 0.3) is 0 Å². The average molecular weight is 265 g/mol. The predicted molar refractivity (Wildman–Crippen MR) is 69.4 cm³/mol. The second kappa shape index (κ2) is 4.38. The summed E-state index contributed by atoms with van der Waals surface area (Å²) in [5.41, 5.74) is 10.1. The van der Waals surface area contributed by atoms with Crippen molar-refractivity contribution in [1.82, 2.24) is 4.98 Å². The van der Waals surface area contributed by atoms with E-state index in [-0.39, 0.29) is 17.3 Å². The molecule has 0 radical (unpaired) electrons. The van der Waals surface area contributed by atoms with Crippen LogP contribution >= 0.6 is 0 Å². The summed E-state index contributed by atoms with van der Waals surface area (Å²) >= 11 is 0. The number of carbonyl (C=O) groups is 1. The molecule has 1 aliphatic heterocycles. The molecule has 1 aliphatic rings. The number of aromatic nitrogens is 1. The Morgan fingerprint density at radius 1 is 1.58 bits per heavy atom. The van der Waals surface area contributed by atoms with E-state index in [0.29, 0.717) is 19.5 Å². The van der Waals surface area contributed by atoms with Crippen LogP contribution in [-0.2, 0) is 4.79 Å². The van der Waals surface area contributed by atoms with Crippen molar-refractivity contribution in [2.75, 3.05) is 23.7 Å². The van der Waals surface area contributed by atoms with Crippen LogP contribution in [0.1, 0.15) is 13.3 Å². The first-order valence-electron chi connectivity index (χ1n) is 5.79. The summed E-state index contributed by atoms with van der Waals surface area (Å²) in [6.45, 7) is 2.53. The first-order chi connectivity index (χ1) is 8.83. The molecule has 0 spiro atoms. The van der Waals surface area contributed by atoms with E-state index in [4.69, 9.17) is 11.5 Å². The van der Waals surface area contributed by atoms with Gasteiger partial charge in [0, 0.05) is 19.2 Å². The Kier molecular flexibility index (Phi) is 3.01. The van der Waals surface area contributed by atoms with Gasteiger partial charge in [0.2, 0.25) is 11.7 Å². The van der Waals surface area contributed by atoms with E-state index < -0.39 is 16.2 Å². The number of rotatable bonds is 3. The Bertz CT molecular complexity index is 547. The minimum absolute atomic E-state index is 0.122. The number of hydrogen-bond acceptors (Lipinski definition) is 6. The van der Waals surface area contributed by atoms with Crippen molar-refractivity contribution in [1.29, 1.82) is 0 Å². The topological polar surface area (TPSA) is 128 Å². The van der Waals surface area contributed by atoms with Crippen LogP contribution in [0.25, 0.3) is 0 Å². The standard InChI is InChI=1S/C11H15N5O3/c1-11(10(13)17)4-5-15(6-11)9-7(16(18)19)2-3-8(12)14-9/h2-3H,4-6H2,1H3,(H2,12,14)(H2,13,17). The maximum absolute atomic E-state index is 11.4. The zero-order chi connectivity index (χ0) is 14.2. The van der Waals surface area contributed by atoms with Crippen LogP contribution in [0, 0.1) is 15.5 Å². The van der Waals surface area contributed by atoms with Gasteiger partial charge in [-0.3, -0.25) is 14.9 Å². The molecule has 1 aromatic rings. The summed E-state index contributed by atoms with van der Waals surface area (Å²) < 4.78 is 0. The van der Waals surface area contributed by atoms with E-state index in [1.54, 1.807) is 11.8 Å². The zero-order valence-electron chi connectivity index (χ0n) is 10.5. The van der Waals surface area contributed by atoms with Gasteiger partial charge in [-0.25, -0.2) is 4.98 Å². The van der Waals surface area contributed by atoms with E-state index in [9.17, 15) is 14.9 Å². The highest BCUT2D eigenvalue weighted by molar-refractivity contribution is 5.82. The second-order valence-electron chi connectivity index (χ2n) is 4.93. The average Bonchev–Trinajstić information content (AvgIpc) is 2.73. The van der Waals surface area contributed by atoms with Gasteiger partial charge < -0.3 is 16.4 Å². The van der Waals surface area contributed by atoms with E-state index in [1.807, 2.05) is 0 Å². The summed E-state index contributed by atoms with van der Waals surface area (Å²) in [6, 6.07) is 2.70. The van der Waals surface area contributed by atoms with Crippen LogP contribution < -0.4 is 16.4 Å². The summed E-state index contributed by atoms with van der Waals surface area (Å²) in [4.78, 5) is 27.6. The van der Waals surface area contributed by atoms with Crippen molar-refractivity contribution < 1.29 is 9.72 Å². The van der Waals surface area contributed by atoms with Gasteiger partial charge >= 0.3 is 5.69 Å². The fourth-order valence-electron chi connectivity index (χ4n) is 2.17. The van der Waals surface area contributed by atoms with Crippen molar-refractivity contribution >= 4 is 23.2 Å². The second-order valence-corrected chi connectivity index (χ2v) is 4.93. The molecular weight excluding hydrogens is 250 g/mol. The first-order valence-corrected chi connectivity index (χ1v) is 5.79. The number of anilines is 2. The third kappa shape index (κ3) is 2.28. The molecule has 2 rings (SSSR count). The third-order valence-corrected chi connectivity index (χ3v) is 3.44. The normalized spacial score (nSPS) is 22.5.